The second-order valence-corrected chi connectivity index (χ2v) is 7.15. The number of hydrogen-bond donors (Lipinski definition) is 2. The zero-order valence-electron chi connectivity index (χ0n) is 14.7. The molecule has 0 saturated carbocycles. The van der Waals surface area contributed by atoms with Crippen LogP contribution in [0.5, 0.6) is 0 Å². The second-order valence-electron chi connectivity index (χ2n) is 6.04. The number of benzene rings is 2. The largest absolute Gasteiger partial charge is 0.343 e. The molecule has 1 aromatic heterocycles. The van der Waals surface area contributed by atoms with Crippen molar-refractivity contribution < 1.29 is 14.0 Å². The molecule has 1 heterocycles. The third-order valence-corrected chi connectivity index (χ3v) is 4.71. The molecule has 138 valence electrons. The molecule has 0 atom stereocenters. The summed E-state index contributed by atoms with van der Waals surface area (Å²) < 4.78 is 13.1. The van der Waals surface area contributed by atoms with Crippen LogP contribution in [0.2, 0.25) is 0 Å². The molecule has 5 nitrogen and oxygen atoms in total. The van der Waals surface area contributed by atoms with Gasteiger partial charge in [0.2, 0.25) is 5.91 Å². The third kappa shape index (κ3) is 5.46. The molecular formula is C20H18FN3O2S. The molecule has 2 N–H and O–H groups in total. The van der Waals surface area contributed by atoms with Gasteiger partial charge in [0, 0.05) is 23.1 Å². The summed E-state index contributed by atoms with van der Waals surface area (Å²) in [6.07, 6.45) is 2.47. The van der Waals surface area contributed by atoms with Crippen molar-refractivity contribution >= 4 is 28.3 Å². The molecule has 7 heteroatoms. The molecule has 0 spiro atoms. The van der Waals surface area contributed by atoms with E-state index in [1.54, 1.807) is 6.20 Å². The van der Waals surface area contributed by atoms with Crippen molar-refractivity contribution in [2.24, 2.45) is 0 Å². The van der Waals surface area contributed by atoms with Crippen LogP contribution in [-0.4, -0.2) is 23.3 Å². The lowest BCUT2D eigenvalue weighted by molar-refractivity contribution is -0.115. The van der Waals surface area contributed by atoms with E-state index in [1.807, 2.05) is 6.92 Å². The van der Waals surface area contributed by atoms with Crippen LogP contribution in [0.4, 0.5) is 9.52 Å². The predicted octanol–water partition coefficient (Wildman–Crippen LogP) is 3.55. The molecule has 0 fully saturated rings. The Morgan fingerprint density at radius 1 is 1.15 bits per heavy atom. The van der Waals surface area contributed by atoms with Gasteiger partial charge in [0.25, 0.3) is 5.91 Å². The maximum absolute atomic E-state index is 13.1. The predicted molar refractivity (Wildman–Crippen MR) is 103 cm³/mol. The standard InChI is InChI=1S/C20H18FN3O2S/c1-13-5-7-14(8-6-13)9-17-11-23-20(27-17)24-18(25)12-22-19(26)15-3-2-4-16(21)10-15/h2-8,10-11H,9,12H2,1H3,(H,22,26)(H,23,24,25). The van der Waals surface area contributed by atoms with E-state index in [0.29, 0.717) is 5.13 Å². The SMILES string of the molecule is Cc1ccc(Cc2cnc(NC(=O)CNC(=O)c3cccc(F)c3)s2)cc1. The lowest BCUT2D eigenvalue weighted by Crippen LogP contribution is -2.32. The summed E-state index contributed by atoms with van der Waals surface area (Å²) in [4.78, 5) is 29.1. The Morgan fingerprint density at radius 2 is 1.93 bits per heavy atom. The van der Waals surface area contributed by atoms with Crippen molar-refractivity contribution in [1.29, 1.82) is 0 Å². The number of aryl methyl sites for hydroxylation is 1. The van der Waals surface area contributed by atoms with Crippen molar-refractivity contribution in [1.82, 2.24) is 10.3 Å². The molecule has 0 aliphatic heterocycles. The van der Waals surface area contributed by atoms with Crippen LogP contribution in [0.15, 0.2) is 54.7 Å². The Balaban J connectivity index is 1.50. The first kappa shape index (κ1) is 18.7. The van der Waals surface area contributed by atoms with Crippen LogP contribution >= 0.6 is 11.3 Å². The Labute approximate surface area is 160 Å². The van der Waals surface area contributed by atoms with Gasteiger partial charge < -0.3 is 10.6 Å². The molecule has 0 radical (unpaired) electrons. The van der Waals surface area contributed by atoms with E-state index in [2.05, 4.69) is 39.9 Å². The maximum atomic E-state index is 13.1. The number of nitrogens with zero attached hydrogens (tertiary/aromatic N) is 1. The van der Waals surface area contributed by atoms with Crippen molar-refractivity contribution in [2.75, 3.05) is 11.9 Å². The van der Waals surface area contributed by atoms with E-state index in [4.69, 9.17) is 0 Å². The number of carbonyl (C=O) groups is 2. The molecule has 0 aliphatic carbocycles. The van der Waals surface area contributed by atoms with Gasteiger partial charge in [0.1, 0.15) is 5.82 Å². The minimum Gasteiger partial charge on any atom is -0.343 e. The van der Waals surface area contributed by atoms with E-state index in [0.717, 1.165) is 17.4 Å². The molecule has 2 amide bonds. The van der Waals surface area contributed by atoms with Crippen molar-refractivity contribution in [3.05, 3.63) is 82.1 Å². The summed E-state index contributed by atoms with van der Waals surface area (Å²) in [5.74, 6) is -1.41. The van der Waals surface area contributed by atoms with Crippen molar-refractivity contribution in [3.8, 4) is 0 Å². The first-order valence-electron chi connectivity index (χ1n) is 8.33. The number of amides is 2. The molecule has 0 aliphatic rings. The van der Waals surface area contributed by atoms with Gasteiger partial charge in [-0.15, -0.1) is 11.3 Å². The third-order valence-electron chi connectivity index (χ3n) is 3.80. The van der Waals surface area contributed by atoms with Gasteiger partial charge in [-0.2, -0.15) is 0 Å². The fourth-order valence-electron chi connectivity index (χ4n) is 2.41. The number of carbonyl (C=O) groups excluding carboxylic acids is 2. The van der Waals surface area contributed by atoms with Crippen LogP contribution in [0.25, 0.3) is 0 Å². The molecule has 2 aromatic carbocycles. The Bertz CT molecular complexity index is 954. The van der Waals surface area contributed by atoms with Crippen LogP contribution in [0.1, 0.15) is 26.4 Å². The molecule has 0 unspecified atom stereocenters. The fraction of sp³-hybridized carbons (Fsp3) is 0.150. The number of anilines is 1. The normalized spacial score (nSPS) is 10.4. The summed E-state index contributed by atoms with van der Waals surface area (Å²) in [6.45, 7) is 1.82. The Morgan fingerprint density at radius 3 is 2.67 bits per heavy atom. The van der Waals surface area contributed by atoms with Gasteiger partial charge in [-0.3, -0.25) is 9.59 Å². The lowest BCUT2D eigenvalue weighted by atomic mass is 10.1. The molecular weight excluding hydrogens is 365 g/mol. The second kappa shape index (κ2) is 8.55. The summed E-state index contributed by atoms with van der Waals surface area (Å²) in [7, 11) is 0. The Hall–Kier alpha value is -3.06. The van der Waals surface area contributed by atoms with Gasteiger partial charge in [-0.25, -0.2) is 9.37 Å². The van der Waals surface area contributed by atoms with Gasteiger partial charge in [0.15, 0.2) is 5.13 Å². The first-order chi connectivity index (χ1) is 13.0. The van der Waals surface area contributed by atoms with Crippen LogP contribution < -0.4 is 10.6 Å². The van der Waals surface area contributed by atoms with Gasteiger partial charge in [-0.05, 0) is 30.7 Å². The van der Waals surface area contributed by atoms with Gasteiger partial charge in [-0.1, -0.05) is 35.9 Å². The molecule has 3 aromatic rings. The monoisotopic (exact) mass is 383 g/mol. The topological polar surface area (TPSA) is 71.1 Å². The number of aromatic nitrogens is 1. The highest BCUT2D eigenvalue weighted by molar-refractivity contribution is 7.15. The first-order valence-corrected chi connectivity index (χ1v) is 9.15. The highest BCUT2D eigenvalue weighted by Gasteiger charge is 2.11. The molecule has 27 heavy (non-hydrogen) atoms. The van der Waals surface area contributed by atoms with E-state index < -0.39 is 17.6 Å². The summed E-state index contributed by atoms with van der Waals surface area (Å²) in [5, 5.41) is 5.59. The van der Waals surface area contributed by atoms with Crippen molar-refractivity contribution in [2.45, 2.75) is 13.3 Å². The number of hydrogen-bond acceptors (Lipinski definition) is 4. The Kier molecular flexibility index (Phi) is 5.93. The van der Waals surface area contributed by atoms with Gasteiger partial charge >= 0.3 is 0 Å². The zero-order valence-corrected chi connectivity index (χ0v) is 15.5. The number of halogens is 1. The summed E-state index contributed by atoms with van der Waals surface area (Å²) in [5.41, 5.74) is 2.54. The van der Waals surface area contributed by atoms with Crippen LogP contribution in [-0.2, 0) is 11.2 Å². The zero-order chi connectivity index (χ0) is 19.2. The average Bonchev–Trinajstić information content (AvgIpc) is 3.08. The lowest BCUT2D eigenvalue weighted by Gasteiger charge is -2.05. The fourth-order valence-corrected chi connectivity index (χ4v) is 3.27. The van der Waals surface area contributed by atoms with Crippen LogP contribution in [0, 0.1) is 12.7 Å². The summed E-state index contributed by atoms with van der Waals surface area (Å²) >= 11 is 1.39. The maximum Gasteiger partial charge on any atom is 0.251 e. The smallest absolute Gasteiger partial charge is 0.251 e. The molecule has 3 rings (SSSR count). The van der Waals surface area contributed by atoms with Crippen molar-refractivity contribution in [3.63, 3.8) is 0 Å². The quantitative estimate of drug-likeness (QED) is 0.684. The van der Waals surface area contributed by atoms with E-state index in [-0.39, 0.29) is 12.1 Å². The minimum atomic E-state index is -0.510. The highest BCUT2D eigenvalue weighted by Crippen LogP contribution is 2.21. The van der Waals surface area contributed by atoms with E-state index in [9.17, 15) is 14.0 Å². The van der Waals surface area contributed by atoms with Crippen LogP contribution in [0.3, 0.4) is 0 Å². The summed E-state index contributed by atoms with van der Waals surface area (Å²) in [6, 6.07) is 13.5. The number of thiazole rings is 1. The molecule has 0 bridgehead atoms. The van der Waals surface area contributed by atoms with E-state index in [1.165, 1.54) is 40.7 Å². The minimum absolute atomic E-state index is 0.164. The average molecular weight is 383 g/mol. The van der Waals surface area contributed by atoms with Gasteiger partial charge in [0.05, 0.1) is 6.54 Å². The van der Waals surface area contributed by atoms with E-state index >= 15 is 0 Å². The molecule has 0 saturated heterocycles. The number of nitrogens with one attached hydrogen (secondary N) is 2. The highest BCUT2D eigenvalue weighted by atomic mass is 32.1. The number of rotatable bonds is 6.